The van der Waals surface area contributed by atoms with E-state index in [1.807, 2.05) is 18.7 Å². The number of piperidine rings is 1. The van der Waals surface area contributed by atoms with E-state index in [0.717, 1.165) is 25.9 Å². The van der Waals surface area contributed by atoms with Crippen LogP contribution in [0.15, 0.2) is 24.3 Å². The van der Waals surface area contributed by atoms with Crippen molar-refractivity contribution in [2.24, 2.45) is 5.92 Å². The van der Waals surface area contributed by atoms with Gasteiger partial charge in [0, 0.05) is 37.8 Å². The van der Waals surface area contributed by atoms with Crippen molar-refractivity contribution in [3.63, 3.8) is 0 Å². The fraction of sp³-hybridized carbons (Fsp3) is 0.609. The van der Waals surface area contributed by atoms with Crippen molar-refractivity contribution in [1.82, 2.24) is 20.4 Å². The zero-order valence-electron chi connectivity index (χ0n) is 18.7. The van der Waals surface area contributed by atoms with Crippen LogP contribution in [-0.4, -0.2) is 73.0 Å². The predicted octanol–water partition coefficient (Wildman–Crippen LogP) is 2.25. The van der Waals surface area contributed by atoms with Crippen molar-refractivity contribution in [2.75, 3.05) is 33.3 Å². The maximum Gasteiger partial charge on any atom is 0.317 e. The van der Waals surface area contributed by atoms with Crippen molar-refractivity contribution in [3.05, 3.63) is 29.8 Å². The lowest BCUT2D eigenvalue weighted by atomic mass is 9.88. The number of carbonyl (C=O) groups is 3. The summed E-state index contributed by atoms with van der Waals surface area (Å²) in [6, 6.07) is 6.30. The zero-order valence-corrected chi connectivity index (χ0v) is 18.7. The van der Waals surface area contributed by atoms with Crippen LogP contribution in [0.2, 0.25) is 0 Å². The minimum absolute atomic E-state index is 0.00148. The second-order valence-electron chi connectivity index (χ2n) is 8.64. The summed E-state index contributed by atoms with van der Waals surface area (Å²) in [6.07, 6.45) is 3.36. The average molecular weight is 431 g/mol. The summed E-state index contributed by atoms with van der Waals surface area (Å²) in [5.74, 6) is 0.399. The highest BCUT2D eigenvalue weighted by molar-refractivity contribution is 5.97. The lowest BCUT2D eigenvalue weighted by molar-refractivity contribution is -0.134. The van der Waals surface area contributed by atoms with Crippen molar-refractivity contribution >= 4 is 17.8 Å². The molecule has 2 aliphatic heterocycles. The second-order valence-corrected chi connectivity index (χ2v) is 8.64. The number of methoxy groups -OCH3 is 1. The number of nitrogens with zero attached hydrogens (tertiary/aromatic N) is 2. The molecule has 3 rings (SSSR count). The maximum absolute atomic E-state index is 13.3. The lowest BCUT2D eigenvalue weighted by Gasteiger charge is -2.37. The highest BCUT2D eigenvalue weighted by Crippen LogP contribution is 2.24. The number of rotatable bonds is 6. The third kappa shape index (κ3) is 5.89. The normalized spacial score (nSPS) is 18.1. The van der Waals surface area contributed by atoms with Crippen LogP contribution >= 0.6 is 0 Å². The van der Waals surface area contributed by atoms with Gasteiger partial charge in [0.2, 0.25) is 5.91 Å². The first kappa shape index (κ1) is 22.9. The Bertz CT molecular complexity index is 766. The second kappa shape index (κ2) is 10.5. The molecule has 8 nitrogen and oxygen atoms in total. The smallest absolute Gasteiger partial charge is 0.317 e. The molecule has 1 aromatic rings. The number of ether oxygens (including phenoxy) is 1. The van der Waals surface area contributed by atoms with Crippen LogP contribution in [0.1, 0.15) is 49.9 Å². The van der Waals surface area contributed by atoms with E-state index in [-0.39, 0.29) is 29.8 Å². The van der Waals surface area contributed by atoms with Gasteiger partial charge in [0.1, 0.15) is 11.8 Å². The Hall–Kier alpha value is -2.77. The Labute approximate surface area is 184 Å². The van der Waals surface area contributed by atoms with E-state index in [4.69, 9.17) is 4.74 Å². The van der Waals surface area contributed by atoms with Crippen LogP contribution in [-0.2, 0) is 4.79 Å². The molecule has 4 amide bonds. The summed E-state index contributed by atoms with van der Waals surface area (Å²) in [6.45, 7) is 6.50. The first-order chi connectivity index (χ1) is 14.9. The maximum atomic E-state index is 13.3. The largest absolute Gasteiger partial charge is 0.497 e. The van der Waals surface area contributed by atoms with E-state index in [1.165, 1.54) is 0 Å². The van der Waals surface area contributed by atoms with E-state index in [9.17, 15) is 14.4 Å². The summed E-state index contributed by atoms with van der Waals surface area (Å²) < 4.78 is 5.15. The fourth-order valence-corrected chi connectivity index (χ4v) is 4.26. The van der Waals surface area contributed by atoms with Crippen LogP contribution in [0.5, 0.6) is 5.75 Å². The van der Waals surface area contributed by atoms with Crippen molar-refractivity contribution in [1.29, 1.82) is 0 Å². The molecule has 1 atom stereocenters. The fourth-order valence-electron chi connectivity index (χ4n) is 4.26. The van der Waals surface area contributed by atoms with Crippen molar-refractivity contribution in [3.8, 4) is 5.75 Å². The Balaban J connectivity index is 1.68. The molecule has 2 saturated heterocycles. The van der Waals surface area contributed by atoms with Gasteiger partial charge in [0.05, 0.1) is 7.11 Å². The molecule has 2 heterocycles. The molecule has 2 aliphatic rings. The molecule has 0 bridgehead atoms. The number of nitrogens with one attached hydrogen (secondary N) is 2. The van der Waals surface area contributed by atoms with Gasteiger partial charge in [-0.05, 0) is 69.7 Å². The number of hydrogen-bond acceptors (Lipinski definition) is 4. The summed E-state index contributed by atoms with van der Waals surface area (Å²) >= 11 is 0. The molecular formula is C23H34N4O4. The highest BCUT2D eigenvalue weighted by atomic mass is 16.5. The highest BCUT2D eigenvalue weighted by Gasteiger charge is 2.36. The minimum atomic E-state index is -0.581. The molecule has 0 unspecified atom stereocenters. The third-order valence-corrected chi connectivity index (χ3v) is 6.03. The Morgan fingerprint density at radius 2 is 1.55 bits per heavy atom. The van der Waals surface area contributed by atoms with Gasteiger partial charge in [-0.3, -0.25) is 9.59 Å². The molecule has 2 N–H and O–H groups in total. The summed E-state index contributed by atoms with van der Waals surface area (Å²) in [5, 5.41) is 5.92. The summed E-state index contributed by atoms with van der Waals surface area (Å²) in [5.41, 5.74) is 0.494. The number of likely N-dealkylation sites (tertiary alicyclic amines) is 2. The number of hydrogen-bond donors (Lipinski definition) is 2. The summed E-state index contributed by atoms with van der Waals surface area (Å²) in [4.78, 5) is 42.1. The summed E-state index contributed by atoms with van der Waals surface area (Å²) in [7, 11) is 1.58. The van der Waals surface area contributed by atoms with Crippen LogP contribution in [0.4, 0.5) is 4.79 Å². The molecule has 31 heavy (non-hydrogen) atoms. The lowest BCUT2D eigenvalue weighted by Crippen LogP contribution is -2.55. The molecule has 0 saturated carbocycles. The molecule has 170 valence electrons. The standard InChI is InChI=1S/C23H34N4O4/c1-16(2)24-23(30)27-14-10-17(11-15-27)20(22(29)26-12-4-5-13-26)25-21(28)18-6-8-19(31-3)9-7-18/h6-9,16-17,20H,4-5,10-15H2,1-3H3,(H,24,30)(H,25,28)/t20-/m0/s1. The number of benzene rings is 1. The Kier molecular flexibility index (Phi) is 7.76. The van der Waals surface area contributed by atoms with Crippen LogP contribution in [0.3, 0.4) is 0 Å². The number of urea groups is 1. The topological polar surface area (TPSA) is 91.0 Å². The third-order valence-electron chi connectivity index (χ3n) is 6.03. The Morgan fingerprint density at radius 1 is 0.935 bits per heavy atom. The Morgan fingerprint density at radius 3 is 2.10 bits per heavy atom. The molecule has 1 aromatic carbocycles. The van der Waals surface area contributed by atoms with Gasteiger partial charge in [0.15, 0.2) is 0 Å². The van der Waals surface area contributed by atoms with E-state index in [2.05, 4.69) is 10.6 Å². The first-order valence-electron chi connectivity index (χ1n) is 11.2. The van der Waals surface area contributed by atoms with E-state index < -0.39 is 6.04 Å². The SMILES string of the molecule is COc1ccc(C(=O)N[C@H](C(=O)N2CCCC2)C2CCN(C(=O)NC(C)C)CC2)cc1. The zero-order chi connectivity index (χ0) is 22.4. The van der Waals surface area contributed by atoms with Crippen LogP contribution in [0.25, 0.3) is 0 Å². The predicted molar refractivity (Wildman–Crippen MR) is 118 cm³/mol. The molecule has 8 heteroatoms. The first-order valence-corrected chi connectivity index (χ1v) is 11.2. The quantitative estimate of drug-likeness (QED) is 0.724. The van der Waals surface area contributed by atoms with E-state index >= 15 is 0 Å². The average Bonchev–Trinajstić information content (AvgIpc) is 3.31. The number of amides is 4. The van der Waals surface area contributed by atoms with Gasteiger partial charge < -0.3 is 25.2 Å². The minimum Gasteiger partial charge on any atom is -0.497 e. The van der Waals surface area contributed by atoms with Gasteiger partial charge in [-0.1, -0.05) is 0 Å². The van der Waals surface area contributed by atoms with Crippen molar-refractivity contribution in [2.45, 2.75) is 51.6 Å². The van der Waals surface area contributed by atoms with Gasteiger partial charge in [-0.25, -0.2) is 4.79 Å². The van der Waals surface area contributed by atoms with E-state index in [1.54, 1.807) is 36.3 Å². The van der Waals surface area contributed by atoms with Crippen LogP contribution < -0.4 is 15.4 Å². The monoisotopic (exact) mass is 430 g/mol. The van der Waals surface area contributed by atoms with Gasteiger partial charge in [0.25, 0.3) is 5.91 Å². The van der Waals surface area contributed by atoms with Crippen molar-refractivity contribution < 1.29 is 19.1 Å². The van der Waals surface area contributed by atoms with Gasteiger partial charge in [-0.2, -0.15) is 0 Å². The molecular weight excluding hydrogens is 396 g/mol. The van der Waals surface area contributed by atoms with Gasteiger partial charge in [-0.15, -0.1) is 0 Å². The molecule has 0 aliphatic carbocycles. The van der Waals surface area contributed by atoms with E-state index in [0.29, 0.717) is 37.2 Å². The van der Waals surface area contributed by atoms with Gasteiger partial charge >= 0.3 is 6.03 Å². The number of carbonyl (C=O) groups excluding carboxylic acids is 3. The molecule has 0 spiro atoms. The molecule has 0 radical (unpaired) electrons. The van der Waals surface area contributed by atoms with Crippen LogP contribution in [0, 0.1) is 5.92 Å². The molecule has 2 fully saturated rings. The molecule has 0 aromatic heterocycles.